The largest absolute Gasteiger partial charge is 0.389 e. The smallest absolute Gasteiger partial charge is 0.315 e. The van der Waals surface area contributed by atoms with E-state index in [9.17, 15) is 9.90 Å². The van der Waals surface area contributed by atoms with Gasteiger partial charge in [0, 0.05) is 12.6 Å². The highest BCUT2D eigenvalue weighted by Gasteiger charge is 2.13. The first-order chi connectivity index (χ1) is 5.31. The fraction of sp³-hybridized carbons (Fsp3) is 0.875. The van der Waals surface area contributed by atoms with Crippen molar-refractivity contribution >= 4 is 6.03 Å². The van der Waals surface area contributed by atoms with Gasteiger partial charge in [-0.1, -0.05) is 0 Å². The zero-order valence-electron chi connectivity index (χ0n) is 8.14. The summed E-state index contributed by atoms with van der Waals surface area (Å²) < 4.78 is 0. The van der Waals surface area contributed by atoms with Crippen LogP contribution in [0.3, 0.4) is 0 Å². The summed E-state index contributed by atoms with van der Waals surface area (Å²) in [6, 6.07) is -0.126. The van der Waals surface area contributed by atoms with E-state index in [0.717, 1.165) is 0 Å². The Morgan fingerprint density at radius 2 is 2.00 bits per heavy atom. The SMILES string of the molecule is CC(C)NC(=O)NCC(C)(C)O. The predicted octanol–water partition coefficient (Wildman–Crippen LogP) is 0.465. The van der Waals surface area contributed by atoms with Crippen molar-refractivity contribution in [2.45, 2.75) is 39.3 Å². The molecule has 0 heterocycles. The fourth-order valence-corrected chi connectivity index (χ4v) is 0.610. The average Bonchev–Trinajstić information content (AvgIpc) is 1.80. The molecule has 0 radical (unpaired) electrons. The molecule has 4 heteroatoms. The third kappa shape index (κ3) is 7.34. The first kappa shape index (κ1) is 11.2. The molecule has 0 saturated heterocycles. The van der Waals surface area contributed by atoms with Gasteiger partial charge in [0.05, 0.1) is 5.60 Å². The molecular formula is C8H18N2O2. The quantitative estimate of drug-likeness (QED) is 0.582. The van der Waals surface area contributed by atoms with Gasteiger partial charge in [0.2, 0.25) is 0 Å². The van der Waals surface area contributed by atoms with Gasteiger partial charge in [0.25, 0.3) is 0 Å². The van der Waals surface area contributed by atoms with Crippen LogP contribution in [0.25, 0.3) is 0 Å². The van der Waals surface area contributed by atoms with Crippen LogP contribution in [-0.4, -0.2) is 29.3 Å². The van der Waals surface area contributed by atoms with Crippen LogP contribution < -0.4 is 10.6 Å². The number of hydrogen-bond acceptors (Lipinski definition) is 2. The summed E-state index contributed by atoms with van der Waals surface area (Å²) in [6.45, 7) is 7.30. The van der Waals surface area contributed by atoms with Gasteiger partial charge in [-0.25, -0.2) is 4.79 Å². The van der Waals surface area contributed by atoms with Crippen molar-refractivity contribution in [3.63, 3.8) is 0 Å². The number of aliphatic hydroxyl groups is 1. The summed E-state index contributed by atoms with van der Waals surface area (Å²) in [4.78, 5) is 11.0. The van der Waals surface area contributed by atoms with Crippen molar-refractivity contribution in [1.82, 2.24) is 10.6 Å². The van der Waals surface area contributed by atoms with Gasteiger partial charge in [-0.05, 0) is 27.7 Å². The molecule has 0 aliphatic rings. The van der Waals surface area contributed by atoms with Crippen LogP contribution in [0.15, 0.2) is 0 Å². The van der Waals surface area contributed by atoms with Crippen LogP contribution in [0.4, 0.5) is 4.79 Å². The van der Waals surface area contributed by atoms with E-state index in [1.54, 1.807) is 13.8 Å². The Hall–Kier alpha value is -0.770. The Kier molecular flexibility index (Phi) is 4.03. The van der Waals surface area contributed by atoms with Crippen LogP contribution in [0.2, 0.25) is 0 Å². The van der Waals surface area contributed by atoms with Crippen molar-refractivity contribution in [2.75, 3.05) is 6.54 Å². The third-order valence-electron chi connectivity index (χ3n) is 1.10. The van der Waals surface area contributed by atoms with Crippen LogP contribution in [0.5, 0.6) is 0 Å². The van der Waals surface area contributed by atoms with E-state index in [4.69, 9.17) is 0 Å². The second-order valence-corrected chi connectivity index (χ2v) is 3.79. The third-order valence-corrected chi connectivity index (χ3v) is 1.10. The Morgan fingerprint density at radius 3 is 2.33 bits per heavy atom. The first-order valence-corrected chi connectivity index (χ1v) is 4.08. The minimum atomic E-state index is -0.853. The molecule has 0 saturated carbocycles. The van der Waals surface area contributed by atoms with E-state index < -0.39 is 5.60 Å². The number of nitrogens with one attached hydrogen (secondary N) is 2. The van der Waals surface area contributed by atoms with E-state index in [1.165, 1.54) is 0 Å². The lowest BCUT2D eigenvalue weighted by Crippen LogP contribution is -2.45. The number of amides is 2. The normalized spacial score (nSPS) is 11.5. The lowest BCUT2D eigenvalue weighted by atomic mass is 10.1. The fourth-order valence-electron chi connectivity index (χ4n) is 0.610. The molecule has 0 atom stereocenters. The van der Waals surface area contributed by atoms with Crippen molar-refractivity contribution in [1.29, 1.82) is 0 Å². The molecule has 0 unspecified atom stereocenters. The second kappa shape index (κ2) is 4.30. The lowest BCUT2D eigenvalue weighted by Gasteiger charge is -2.18. The molecule has 72 valence electrons. The van der Waals surface area contributed by atoms with Crippen molar-refractivity contribution in [3.8, 4) is 0 Å². The Bertz CT molecular complexity index is 150. The minimum Gasteiger partial charge on any atom is -0.389 e. The molecule has 0 spiro atoms. The summed E-state index contributed by atoms with van der Waals surface area (Å²) >= 11 is 0. The van der Waals surface area contributed by atoms with Gasteiger partial charge in [-0.3, -0.25) is 0 Å². The number of rotatable bonds is 3. The van der Waals surface area contributed by atoms with E-state index in [0.29, 0.717) is 0 Å². The first-order valence-electron chi connectivity index (χ1n) is 4.08. The lowest BCUT2D eigenvalue weighted by molar-refractivity contribution is 0.0818. The van der Waals surface area contributed by atoms with Gasteiger partial charge in [0.15, 0.2) is 0 Å². The summed E-state index contributed by atoms with van der Waals surface area (Å²) in [6.07, 6.45) is 0. The van der Waals surface area contributed by atoms with Gasteiger partial charge in [-0.15, -0.1) is 0 Å². The molecule has 0 bridgehead atoms. The average molecular weight is 174 g/mol. The molecule has 12 heavy (non-hydrogen) atoms. The maximum Gasteiger partial charge on any atom is 0.315 e. The topological polar surface area (TPSA) is 61.4 Å². The van der Waals surface area contributed by atoms with Crippen LogP contribution in [-0.2, 0) is 0 Å². The summed E-state index contributed by atoms with van der Waals surface area (Å²) in [7, 11) is 0. The molecule has 0 fully saturated rings. The van der Waals surface area contributed by atoms with Crippen molar-refractivity contribution in [2.24, 2.45) is 0 Å². The van der Waals surface area contributed by atoms with Gasteiger partial charge in [-0.2, -0.15) is 0 Å². The zero-order valence-corrected chi connectivity index (χ0v) is 8.14. The molecule has 2 amide bonds. The highest BCUT2D eigenvalue weighted by Crippen LogP contribution is 1.96. The summed E-state index contributed by atoms with van der Waals surface area (Å²) in [5.41, 5.74) is -0.853. The molecule has 0 aromatic heterocycles. The van der Waals surface area contributed by atoms with Gasteiger partial charge in [0.1, 0.15) is 0 Å². The number of hydrogen-bond donors (Lipinski definition) is 3. The highest BCUT2D eigenvalue weighted by molar-refractivity contribution is 5.74. The molecule has 3 N–H and O–H groups in total. The van der Waals surface area contributed by atoms with E-state index in [-0.39, 0.29) is 18.6 Å². The van der Waals surface area contributed by atoms with Crippen LogP contribution in [0.1, 0.15) is 27.7 Å². The van der Waals surface area contributed by atoms with Gasteiger partial charge >= 0.3 is 6.03 Å². The summed E-state index contributed by atoms with van der Waals surface area (Å²) in [5, 5.41) is 14.5. The summed E-state index contributed by atoms with van der Waals surface area (Å²) in [5.74, 6) is 0. The second-order valence-electron chi connectivity index (χ2n) is 3.79. The van der Waals surface area contributed by atoms with Crippen LogP contribution in [0, 0.1) is 0 Å². The maximum absolute atomic E-state index is 11.0. The zero-order chi connectivity index (χ0) is 9.78. The molecule has 4 nitrogen and oxygen atoms in total. The maximum atomic E-state index is 11.0. The predicted molar refractivity (Wildman–Crippen MR) is 48.0 cm³/mol. The van der Waals surface area contributed by atoms with Crippen molar-refractivity contribution in [3.05, 3.63) is 0 Å². The molecule has 0 aliphatic carbocycles. The Morgan fingerprint density at radius 1 is 1.50 bits per heavy atom. The number of carbonyl (C=O) groups excluding carboxylic acids is 1. The molecule has 0 rings (SSSR count). The molecule has 0 aliphatic heterocycles. The molecular weight excluding hydrogens is 156 g/mol. The monoisotopic (exact) mass is 174 g/mol. The van der Waals surface area contributed by atoms with E-state index in [2.05, 4.69) is 10.6 Å². The molecule has 0 aromatic carbocycles. The minimum absolute atomic E-state index is 0.117. The number of carbonyl (C=O) groups is 1. The number of urea groups is 1. The Balaban J connectivity index is 3.58. The van der Waals surface area contributed by atoms with Crippen LogP contribution >= 0.6 is 0 Å². The Labute approximate surface area is 73.3 Å². The van der Waals surface area contributed by atoms with Gasteiger partial charge < -0.3 is 15.7 Å². The van der Waals surface area contributed by atoms with E-state index >= 15 is 0 Å². The highest BCUT2D eigenvalue weighted by atomic mass is 16.3. The standard InChI is InChI=1S/C8H18N2O2/c1-6(2)10-7(11)9-5-8(3,4)12/h6,12H,5H2,1-4H3,(H2,9,10,11). The molecule has 0 aromatic rings. The van der Waals surface area contributed by atoms with E-state index in [1.807, 2.05) is 13.8 Å². The van der Waals surface area contributed by atoms with Crippen molar-refractivity contribution < 1.29 is 9.90 Å².